The smallest absolute Gasteiger partial charge is 0.267 e. The van der Waals surface area contributed by atoms with Gasteiger partial charge in [0.25, 0.3) is 10.1 Å². The van der Waals surface area contributed by atoms with Crippen LogP contribution in [0.3, 0.4) is 0 Å². The zero-order valence-corrected chi connectivity index (χ0v) is 13.4. The first kappa shape index (κ1) is 14.7. The molecule has 4 rings (SSSR count). The maximum absolute atomic E-state index is 12.3. The first-order chi connectivity index (χ1) is 11.1. The minimum Gasteiger partial charge on any atom is -0.267 e. The lowest BCUT2D eigenvalue weighted by molar-refractivity contribution is 0.0640. The maximum Gasteiger partial charge on any atom is 0.275 e. The van der Waals surface area contributed by atoms with Gasteiger partial charge >= 0.3 is 0 Å². The summed E-state index contributed by atoms with van der Waals surface area (Å²) in [7, 11) is -3.64. The van der Waals surface area contributed by atoms with Crippen LogP contribution < -0.4 is 5.06 Å². The number of aryl methyl sites for hydroxylation is 1. The van der Waals surface area contributed by atoms with Gasteiger partial charge in [-0.2, -0.15) is 8.42 Å². The van der Waals surface area contributed by atoms with Crippen LogP contribution in [-0.4, -0.2) is 26.4 Å². The zero-order chi connectivity index (χ0) is 16.0. The van der Waals surface area contributed by atoms with Crippen LogP contribution in [0.2, 0.25) is 0 Å². The van der Waals surface area contributed by atoms with E-state index in [0.717, 1.165) is 16.8 Å². The van der Waals surface area contributed by atoms with E-state index in [4.69, 9.17) is 9.02 Å². The van der Waals surface area contributed by atoms with E-state index in [-0.39, 0.29) is 6.61 Å². The Kier molecular flexibility index (Phi) is 3.41. The van der Waals surface area contributed by atoms with Crippen molar-refractivity contribution >= 4 is 15.8 Å². The largest absolute Gasteiger partial charge is 0.275 e. The summed E-state index contributed by atoms with van der Waals surface area (Å²) in [5, 5.41) is 0.991. The summed E-state index contributed by atoms with van der Waals surface area (Å²) in [4.78, 5) is 5.93. The number of anilines is 1. The molecule has 0 radical (unpaired) electrons. The molecule has 2 aromatic carbocycles. The second-order valence-corrected chi connectivity index (χ2v) is 7.67. The Morgan fingerprint density at radius 2 is 1.74 bits per heavy atom. The Bertz CT molecular complexity index is 804. The van der Waals surface area contributed by atoms with Gasteiger partial charge in [-0.25, -0.2) is 5.06 Å². The minimum atomic E-state index is -3.64. The maximum atomic E-state index is 12.3. The average molecular weight is 331 g/mol. The molecule has 2 heterocycles. The molecule has 6 heteroatoms. The molecule has 2 fully saturated rings. The van der Waals surface area contributed by atoms with Crippen LogP contribution in [0.5, 0.6) is 0 Å². The van der Waals surface area contributed by atoms with Crippen LogP contribution in [-0.2, 0) is 19.1 Å². The van der Waals surface area contributed by atoms with Crippen molar-refractivity contribution in [1.29, 1.82) is 0 Å². The van der Waals surface area contributed by atoms with Crippen molar-refractivity contribution in [2.45, 2.75) is 24.3 Å². The predicted octanol–water partition coefficient (Wildman–Crippen LogP) is 2.59. The Morgan fingerprint density at radius 3 is 2.43 bits per heavy atom. The van der Waals surface area contributed by atoms with Crippen LogP contribution in [0, 0.1) is 6.92 Å². The van der Waals surface area contributed by atoms with Gasteiger partial charge in [0.2, 0.25) is 0 Å². The predicted molar refractivity (Wildman–Crippen MR) is 86.4 cm³/mol. The molecule has 0 N–H and O–H groups in total. The van der Waals surface area contributed by atoms with E-state index in [1.165, 1.54) is 0 Å². The van der Waals surface area contributed by atoms with Gasteiger partial charge in [-0.1, -0.05) is 48.0 Å². The minimum absolute atomic E-state index is 0.0681. The molecule has 0 amide bonds. The van der Waals surface area contributed by atoms with E-state index in [1.807, 2.05) is 61.5 Å². The summed E-state index contributed by atoms with van der Waals surface area (Å²) >= 11 is 0. The lowest BCUT2D eigenvalue weighted by atomic mass is 10.00. The highest BCUT2D eigenvalue weighted by atomic mass is 32.2. The number of hydrogen-bond donors (Lipinski definition) is 0. The molecule has 2 aliphatic heterocycles. The normalized spacial score (nSPS) is 28.7. The van der Waals surface area contributed by atoms with Crippen LogP contribution in [0.1, 0.15) is 17.2 Å². The molecule has 0 aliphatic carbocycles. The summed E-state index contributed by atoms with van der Waals surface area (Å²) in [6, 6.07) is 17.0. The molecular weight excluding hydrogens is 314 g/mol. The first-order valence-electron chi connectivity index (χ1n) is 7.52. The van der Waals surface area contributed by atoms with Crippen LogP contribution in [0.25, 0.3) is 0 Å². The number of hydroxylamine groups is 1. The van der Waals surface area contributed by atoms with Crippen molar-refractivity contribution in [3.63, 3.8) is 0 Å². The third-order valence-corrected chi connectivity index (χ3v) is 6.03. The number of para-hydroxylation sites is 1. The molecule has 0 aromatic heterocycles. The van der Waals surface area contributed by atoms with Crippen LogP contribution >= 0.6 is 0 Å². The number of hydrogen-bond acceptors (Lipinski definition) is 5. The van der Waals surface area contributed by atoms with Crippen molar-refractivity contribution in [1.82, 2.24) is 0 Å². The van der Waals surface area contributed by atoms with Gasteiger partial charge in [0, 0.05) is 0 Å². The molecule has 2 aliphatic rings. The molecule has 3 atom stereocenters. The van der Waals surface area contributed by atoms with Crippen molar-refractivity contribution in [2.24, 2.45) is 0 Å². The van der Waals surface area contributed by atoms with Crippen molar-refractivity contribution in [2.75, 3.05) is 11.7 Å². The Hall–Kier alpha value is -1.89. The Morgan fingerprint density at radius 1 is 1.04 bits per heavy atom. The van der Waals surface area contributed by atoms with Crippen LogP contribution in [0.4, 0.5) is 5.69 Å². The van der Waals surface area contributed by atoms with E-state index in [0.29, 0.717) is 0 Å². The van der Waals surface area contributed by atoms with E-state index in [2.05, 4.69) is 0 Å². The molecule has 2 saturated heterocycles. The average Bonchev–Trinajstić information content (AvgIpc) is 3.07. The third kappa shape index (κ3) is 2.43. The lowest BCUT2D eigenvalue weighted by Gasteiger charge is -2.27. The fourth-order valence-corrected chi connectivity index (χ4v) is 4.77. The molecule has 0 spiro atoms. The molecule has 0 saturated carbocycles. The number of benzene rings is 2. The monoisotopic (exact) mass is 331 g/mol. The number of nitrogens with zero attached hydrogens (tertiary/aromatic N) is 1. The summed E-state index contributed by atoms with van der Waals surface area (Å²) in [6.45, 7) is 2.07. The molecule has 120 valence electrons. The summed E-state index contributed by atoms with van der Waals surface area (Å²) in [5.74, 6) is 0. The summed E-state index contributed by atoms with van der Waals surface area (Å²) in [5.41, 5.74) is 2.87. The summed E-state index contributed by atoms with van der Waals surface area (Å²) in [6.07, 6.45) is -0.480. The van der Waals surface area contributed by atoms with E-state index in [9.17, 15) is 8.42 Å². The molecule has 0 unspecified atom stereocenters. The molecule has 0 bridgehead atoms. The van der Waals surface area contributed by atoms with Crippen molar-refractivity contribution < 1.29 is 17.4 Å². The lowest BCUT2D eigenvalue weighted by Crippen LogP contribution is -2.31. The molecule has 23 heavy (non-hydrogen) atoms. The van der Waals surface area contributed by atoms with E-state index in [1.54, 1.807) is 5.06 Å². The second kappa shape index (κ2) is 5.33. The standard InChI is InChI=1S/C17H17NO4S/c1-12-7-9-13(10-8-12)16-17-15(11-21-23(17,19)20)22-18(16)14-5-3-2-4-6-14/h2-10,15-17H,11H2,1H3/t15-,16+,17+/m1/s1. The molecule has 2 aromatic rings. The van der Waals surface area contributed by atoms with Gasteiger partial charge in [0.05, 0.1) is 12.3 Å². The third-order valence-electron chi connectivity index (χ3n) is 4.34. The van der Waals surface area contributed by atoms with Gasteiger partial charge in [0.15, 0.2) is 0 Å². The van der Waals surface area contributed by atoms with Gasteiger partial charge < -0.3 is 0 Å². The van der Waals surface area contributed by atoms with Gasteiger partial charge in [-0.05, 0) is 24.6 Å². The zero-order valence-electron chi connectivity index (χ0n) is 12.6. The SMILES string of the molecule is Cc1ccc([C@H]2[C@@H]3[C@@H](COS3(=O)=O)ON2c2ccccc2)cc1. The van der Waals surface area contributed by atoms with Gasteiger partial charge in [-0.3, -0.25) is 9.02 Å². The topological polar surface area (TPSA) is 55.8 Å². The molecule has 5 nitrogen and oxygen atoms in total. The number of rotatable bonds is 2. The fourth-order valence-electron chi connectivity index (χ4n) is 3.20. The fraction of sp³-hybridized carbons (Fsp3) is 0.294. The molecular formula is C17H17NO4S. The number of fused-ring (bicyclic) bond motifs is 1. The highest BCUT2D eigenvalue weighted by Crippen LogP contribution is 2.44. The second-order valence-electron chi connectivity index (χ2n) is 5.90. The van der Waals surface area contributed by atoms with Gasteiger partial charge in [0.1, 0.15) is 17.4 Å². The van der Waals surface area contributed by atoms with Gasteiger partial charge in [-0.15, -0.1) is 0 Å². The van der Waals surface area contributed by atoms with Crippen molar-refractivity contribution in [3.05, 3.63) is 65.7 Å². The van der Waals surface area contributed by atoms with E-state index < -0.39 is 27.5 Å². The highest BCUT2D eigenvalue weighted by Gasteiger charge is 2.56. The quantitative estimate of drug-likeness (QED) is 0.792. The Balaban J connectivity index is 1.82. The van der Waals surface area contributed by atoms with Crippen molar-refractivity contribution in [3.8, 4) is 0 Å². The highest BCUT2D eigenvalue weighted by molar-refractivity contribution is 7.87. The van der Waals surface area contributed by atoms with E-state index >= 15 is 0 Å². The Labute approximate surface area is 135 Å². The first-order valence-corrected chi connectivity index (χ1v) is 8.99. The van der Waals surface area contributed by atoms with Crippen LogP contribution in [0.15, 0.2) is 54.6 Å². The summed E-state index contributed by atoms with van der Waals surface area (Å²) < 4.78 is 29.7.